The molecular formula is C20H17F3N6O2. The fraction of sp³-hybridized carbons (Fsp3) is 0.350. The van der Waals surface area contributed by atoms with Crippen molar-refractivity contribution >= 4 is 5.91 Å². The molecule has 0 radical (unpaired) electrons. The molecule has 1 saturated heterocycles. The predicted octanol–water partition coefficient (Wildman–Crippen LogP) is 2.76. The van der Waals surface area contributed by atoms with E-state index in [-0.39, 0.29) is 35.5 Å². The molecule has 2 fully saturated rings. The average Bonchev–Trinajstić information content (AvgIpc) is 3.50. The molecule has 0 spiro atoms. The van der Waals surface area contributed by atoms with E-state index >= 15 is 0 Å². The molecule has 3 aromatic rings. The van der Waals surface area contributed by atoms with Crippen molar-refractivity contribution in [2.45, 2.75) is 31.2 Å². The molecule has 3 aromatic heterocycles. The van der Waals surface area contributed by atoms with Crippen molar-refractivity contribution in [3.63, 3.8) is 0 Å². The first-order valence-corrected chi connectivity index (χ1v) is 9.73. The highest BCUT2D eigenvalue weighted by Crippen LogP contribution is 2.40. The second-order valence-electron chi connectivity index (χ2n) is 7.59. The second kappa shape index (κ2) is 7.33. The van der Waals surface area contributed by atoms with Crippen LogP contribution in [0.3, 0.4) is 0 Å². The highest BCUT2D eigenvalue weighted by Gasteiger charge is 2.49. The third-order valence-corrected chi connectivity index (χ3v) is 5.64. The highest BCUT2D eigenvalue weighted by molar-refractivity contribution is 5.96. The molecule has 1 aliphatic carbocycles. The van der Waals surface area contributed by atoms with Crippen molar-refractivity contribution in [2.75, 3.05) is 6.54 Å². The Kier molecular flexibility index (Phi) is 4.60. The summed E-state index contributed by atoms with van der Waals surface area (Å²) in [6.45, 7) is 0.576. The SMILES string of the molecule is O=C(c1ncccc1-n1nccn1)N1CC2CC(Oc3ccc(C(F)(F)F)cn3)C1C2. The number of hydrogen-bond acceptors (Lipinski definition) is 6. The molecule has 0 aromatic carbocycles. The normalized spacial score (nSPS) is 22.7. The van der Waals surface area contributed by atoms with Gasteiger partial charge in [0, 0.05) is 25.0 Å². The number of rotatable bonds is 4. The minimum Gasteiger partial charge on any atom is -0.472 e. The van der Waals surface area contributed by atoms with Crippen molar-refractivity contribution < 1.29 is 22.7 Å². The van der Waals surface area contributed by atoms with Gasteiger partial charge >= 0.3 is 6.18 Å². The van der Waals surface area contributed by atoms with Gasteiger partial charge in [-0.15, -0.1) is 4.80 Å². The third kappa shape index (κ3) is 3.60. The van der Waals surface area contributed by atoms with Gasteiger partial charge in [0.1, 0.15) is 11.8 Å². The summed E-state index contributed by atoms with van der Waals surface area (Å²) in [5, 5.41) is 8.16. The van der Waals surface area contributed by atoms with Crippen LogP contribution >= 0.6 is 0 Å². The Hall–Kier alpha value is -3.50. The van der Waals surface area contributed by atoms with Gasteiger partial charge in [0.25, 0.3) is 5.91 Å². The molecule has 8 nitrogen and oxygen atoms in total. The maximum Gasteiger partial charge on any atom is 0.417 e. The van der Waals surface area contributed by atoms with Gasteiger partial charge in [-0.25, -0.2) is 9.97 Å². The van der Waals surface area contributed by atoms with E-state index in [4.69, 9.17) is 4.74 Å². The van der Waals surface area contributed by atoms with Crippen LogP contribution in [0.4, 0.5) is 13.2 Å². The molecule has 160 valence electrons. The van der Waals surface area contributed by atoms with Gasteiger partial charge in [-0.3, -0.25) is 4.79 Å². The van der Waals surface area contributed by atoms with Crippen LogP contribution in [0.5, 0.6) is 5.88 Å². The molecule has 1 saturated carbocycles. The minimum absolute atomic E-state index is 0.109. The van der Waals surface area contributed by atoms with E-state index in [9.17, 15) is 18.0 Å². The molecular weight excluding hydrogens is 413 g/mol. The molecule has 4 heterocycles. The maximum absolute atomic E-state index is 13.3. The number of likely N-dealkylation sites (tertiary alicyclic amines) is 1. The zero-order valence-corrected chi connectivity index (χ0v) is 16.1. The first-order chi connectivity index (χ1) is 14.9. The lowest BCUT2D eigenvalue weighted by Gasteiger charge is -2.33. The van der Waals surface area contributed by atoms with Crippen LogP contribution < -0.4 is 4.74 Å². The van der Waals surface area contributed by atoms with Crippen LogP contribution in [0.2, 0.25) is 0 Å². The quantitative estimate of drug-likeness (QED) is 0.633. The maximum atomic E-state index is 13.3. The number of amides is 1. The molecule has 11 heteroatoms. The summed E-state index contributed by atoms with van der Waals surface area (Å²) < 4.78 is 44.1. The van der Waals surface area contributed by atoms with E-state index in [1.165, 1.54) is 29.5 Å². The van der Waals surface area contributed by atoms with Crippen molar-refractivity contribution in [3.05, 3.63) is 60.3 Å². The molecule has 3 unspecified atom stereocenters. The second-order valence-corrected chi connectivity index (χ2v) is 7.59. The molecule has 0 N–H and O–H groups in total. The van der Waals surface area contributed by atoms with Crippen LogP contribution in [-0.2, 0) is 6.18 Å². The minimum atomic E-state index is -4.45. The average molecular weight is 430 g/mol. The summed E-state index contributed by atoms with van der Waals surface area (Å²) in [4.78, 5) is 24.4. The van der Waals surface area contributed by atoms with Gasteiger partial charge < -0.3 is 9.64 Å². The molecule has 3 atom stereocenters. The first-order valence-electron chi connectivity index (χ1n) is 9.73. The van der Waals surface area contributed by atoms with E-state index in [0.29, 0.717) is 18.7 Å². The van der Waals surface area contributed by atoms with Gasteiger partial charge in [0.2, 0.25) is 5.88 Å². The Balaban J connectivity index is 1.35. The van der Waals surface area contributed by atoms with Crippen molar-refractivity contribution in [3.8, 4) is 11.6 Å². The van der Waals surface area contributed by atoms with Crippen molar-refractivity contribution in [1.29, 1.82) is 0 Å². The van der Waals surface area contributed by atoms with E-state index in [1.807, 2.05) is 0 Å². The number of hydrogen-bond donors (Lipinski definition) is 0. The molecule has 31 heavy (non-hydrogen) atoms. The predicted molar refractivity (Wildman–Crippen MR) is 100 cm³/mol. The number of aromatic nitrogens is 5. The Morgan fingerprint density at radius 1 is 1.06 bits per heavy atom. The number of fused-ring (bicyclic) bond motifs is 2. The lowest BCUT2D eigenvalue weighted by molar-refractivity contribution is -0.137. The molecule has 5 rings (SSSR count). The number of carbonyl (C=O) groups excluding carboxylic acids is 1. The van der Waals surface area contributed by atoms with Crippen molar-refractivity contribution in [2.24, 2.45) is 5.92 Å². The summed E-state index contributed by atoms with van der Waals surface area (Å²) in [7, 11) is 0. The van der Waals surface area contributed by atoms with Crippen molar-refractivity contribution in [1.82, 2.24) is 29.9 Å². The van der Waals surface area contributed by atoms with Gasteiger partial charge in [-0.1, -0.05) is 0 Å². The van der Waals surface area contributed by atoms with Crippen LogP contribution in [0, 0.1) is 5.92 Å². The van der Waals surface area contributed by atoms with Crippen LogP contribution in [0.1, 0.15) is 28.9 Å². The number of piperidine rings is 1. The number of halogens is 3. The summed E-state index contributed by atoms with van der Waals surface area (Å²) in [5.41, 5.74) is -0.126. The fourth-order valence-electron chi connectivity index (χ4n) is 4.30. The number of ether oxygens (including phenoxy) is 1. The first kappa shape index (κ1) is 19.5. The van der Waals surface area contributed by atoms with Gasteiger partial charge in [0.15, 0.2) is 5.69 Å². The molecule has 2 aliphatic rings. The smallest absolute Gasteiger partial charge is 0.417 e. The monoisotopic (exact) mass is 430 g/mol. The lowest BCUT2D eigenvalue weighted by Crippen LogP contribution is -2.47. The molecule has 1 aliphatic heterocycles. The van der Waals surface area contributed by atoms with Gasteiger partial charge in [0.05, 0.1) is 24.0 Å². The van der Waals surface area contributed by atoms with Crippen LogP contribution in [-0.4, -0.2) is 54.5 Å². The van der Waals surface area contributed by atoms with Crippen LogP contribution in [0.25, 0.3) is 5.69 Å². The number of carbonyl (C=O) groups is 1. The van der Waals surface area contributed by atoms with E-state index in [1.54, 1.807) is 17.0 Å². The summed E-state index contributed by atoms with van der Waals surface area (Å²) in [5.74, 6) is 0.106. The van der Waals surface area contributed by atoms with Crippen LogP contribution in [0.15, 0.2) is 49.1 Å². The standard InChI is InChI=1S/C20H17F3N6O2/c21-20(22,23)13-3-4-17(25-10-13)31-16-9-12-8-15(16)28(11-12)19(30)18-14(2-1-5-24-18)29-26-6-7-27-29/h1-7,10,12,15-16H,8-9,11H2. The molecule has 2 bridgehead atoms. The largest absolute Gasteiger partial charge is 0.472 e. The number of nitrogens with zero attached hydrogens (tertiary/aromatic N) is 6. The summed E-state index contributed by atoms with van der Waals surface area (Å²) in [6, 6.07) is 5.36. The number of alkyl halides is 3. The Labute approximate surface area is 174 Å². The highest BCUT2D eigenvalue weighted by atomic mass is 19.4. The Morgan fingerprint density at radius 3 is 2.55 bits per heavy atom. The zero-order valence-electron chi connectivity index (χ0n) is 16.1. The Morgan fingerprint density at radius 2 is 1.87 bits per heavy atom. The zero-order chi connectivity index (χ0) is 21.6. The molecule has 1 amide bonds. The number of pyridine rings is 2. The lowest BCUT2D eigenvalue weighted by atomic mass is 10.1. The summed E-state index contributed by atoms with van der Waals surface area (Å²) in [6.07, 6.45) is 2.00. The van der Waals surface area contributed by atoms with Gasteiger partial charge in [-0.05, 0) is 37.0 Å². The Bertz CT molecular complexity index is 1090. The third-order valence-electron chi connectivity index (χ3n) is 5.64. The fourth-order valence-corrected chi connectivity index (χ4v) is 4.30. The van der Waals surface area contributed by atoms with E-state index in [2.05, 4.69) is 20.2 Å². The summed E-state index contributed by atoms with van der Waals surface area (Å²) >= 11 is 0. The van der Waals surface area contributed by atoms with E-state index < -0.39 is 11.7 Å². The van der Waals surface area contributed by atoms with E-state index in [0.717, 1.165) is 18.7 Å². The topological polar surface area (TPSA) is 86.0 Å². The van der Waals surface area contributed by atoms with Gasteiger partial charge in [-0.2, -0.15) is 23.4 Å².